The molecule has 0 radical (unpaired) electrons. The van der Waals surface area contributed by atoms with Crippen LogP contribution in [-0.2, 0) is 9.47 Å². The summed E-state index contributed by atoms with van der Waals surface area (Å²) >= 11 is 0. The monoisotopic (exact) mass is 130 g/mol. The van der Waals surface area contributed by atoms with Crippen LogP contribution >= 0.6 is 0 Å². The minimum absolute atomic E-state index is 0.270. The molecule has 0 fully saturated rings. The first-order valence-electron chi connectivity index (χ1n) is 2.83. The summed E-state index contributed by atoms with van der Waals surface area (Å²) in [5.74, 6) is 0. The van der Waals surface area contributed by atoms with Crippen LogP contribution in [0.25, 0.3) is 0 Å². The Hall–Kier alpha value is -0.380. The molecule has 0 aromatic heterocycles. The third kappa shape index (κ3) is 1.78. The quantitative estimate of drug-likeness (QED) is 0.504. The summed E-state index contributed by atoms with van der Waals surface area (Å²) in [5.41, 5.74) is 0. The molecular formula is C6H10O3. The lowest BCUT2D eigenvalue weighted by Crippen LogP contribution is -2.25. The minimum Gasteiger partial charge on any atom is -0.387 e. The first-order valence-corrected chi connectivity index (χ1v) is 2.83. The van der Waals surface area contributed by atoms with Gasteiger partial charge in [-0.1, -0.05) is 6.08 Å². The van der Waals surface area contributed by atoms with Gasteiger partial charge in [0, 0.05) is 7.11 Å². The number of hydrogen-bond donors (Lipinski definition) is 1. The van der Waals surface area contributed by atoms with Gasteiger partial charge in [-0.15, -0.1) is 0 Å². The van der Waals surface area contributed by atoms with E-state index >= 15 is 0 Å². The lowest BCUT2D eigenvalue weighted by atomic mass is 10.3. The van der Waals surface area contributed by atoms with E-state index in [9.17, 15) is 0 Å². The average Bonchev–Trinajstić information content (AvgIpc) is 1.90. The second-order valence-electron chi connectivity index (χ2n) is 1.89. The van der Waals surface area contributed by atoms with Gasteiger partial charge in [0.15, 0.2) is 6.29 Å². The minimum atomic E-state index is -0.462. The van der Waals surface area contributed by atoms with Crippen molar-refractivity contribution in [1.29, 1.82) is 0 Å². The highest BCUT2D eigenvalue weighted by Crippen LogP contribution is 2.04. The molecule has 1 aliphatic rings. The maximum absolute atomic E-state index is 8.86. The Morgan fingerprint density at radius 3 is 2.89 bits per heavy atom. The van der Waals surface area contributed by atoms with Gasteiger partial charge in [-0.25, -0.2) is 0 Å². The Kier molecular flexibility index (Phi) is 2.22. The number of aliphatic hydroxyl groups excluding tert-OH is 1. The summed E-state index contributed by atoms with van der Waals surface area (Å²) in [6.07, 6.45) is 2.62. The van der Waals surface area contributed by atoms with Crippen molar-refractivity contribution >= 4 is 0 Å². The molecule has 2 atom stereocenters. The van der Waals surface area contributed by atoms with Gasteiger partial charge in [-0.2, -0.15) is 0 Å². The number of ether oxygens (including phenoxy) is 2. The van der Waals surface area contributed by atoms with E-state index in [1.807, 2.05) is 0 Å². The lowest BCUT2D eigenvalue weighted by molar-refractivity contribution is -0.115. The number of aliphatic hydroxyl groups is 1. The Balaban J connectivity index is 2.38. The molecule has 9 heavy (non-hydrogen) atoms. The zero-order chi connectivity index (χ0) is 6.69. The second-order valence-corrected chi connectivity index (χ2v) is 1.89. The molecule has 1 heterocycles. The van der Waals surface area contributed by atoms with Crippen LogP contribution in [0.4, 0.5) is 0 Å². The second kappa shape index (κ2) is 2.96. The van der Waals surface area contributed by atoms with Gasteiger partial charge in [0.25, 0.3) is 0 Å². The molecule has 1 N–H and O–H groups in total. The highest BCUT2D eigenvalue weighted by molar-refractivity contribution is 4.94. The first kappa shape index (κ1) is 6.74. The summed E-state index contributed by atoms with van der Waals surface area (Å²) < 4.78 is 9.80. The zero-order valence-corrected chi connectivity index (χ0v) is 5.28. The van der Waals surface area contributed by atoms with Gasteiger partial charge >= 0.3 is 0 Å². The molecule has 0 saturated heterocycles. The van der Waals surface area contributed by atoms with Gasteiger partial charge in [0.1, 0.15) is 0 Å². The molecular weight excluding hydrogens is 120 g/mol. The number of rotatable bonds is 1. The standard InChI is InChI=1S/C6H10O3/c1-8-6-3-2-5(7)4-9-6/h2-3,5-7H,4H2,1H3/t5-,6+/m1/s1. The molecule has 0 bridgehead atoms. The molecule has 3 nitrogen and oxygen atoms in total. The fourth-order valence-corrected chi connectivity index (χ4v) is 0.670. The summed E-state index contributed by atoms with van der Waals surface area (Å²) in [5, 5.41) is 8.86. The Morgan fingerprint density at radius 1 is 1.67 bits per heavy atom. The number of methoxy groups -OCH3 is 1. The Bertz CT molecular complexity index is 111. The maximum atomic E-state index is 8.86. The Morgan fingerprint density at radius 2 is 2.44 bits per heavy atom. The summed E-state index contributed by atoms with van der Waals surface area (Å²) in [4.78, 5) is 0. The highest BCUT2D eigenvalue weighted by atomic mass is 16.7. The molecule has 0 saturated carbocycles. The van der Waals surface area contributed by atoms with Gasteiger partial charge < -0.3 is 14.6 Å². The molecule has 52 valence electrons. The molecule has 1 rings (SSSR count). The molecule has 1 aliphatic heterocycles. The van der Waals surface area contributed by atoms with E-state index in [0.717, 1.165) is 0 Å². The van der Waals surface area contributed by atoms with Crippen molar-refractivity contribution in [1.82, 2.24) is 0 Å². The smallest absolute Gasteiger partial charge is 0.176 e. The van der Waals surface area contributed by atoms with E-state index in [1.165, 1.54) is 0 Å². The third-order valence-electron chi connectivity index (χ3n) is 1.15. The van der Waals surface area contributed by atoms with Crippen LogP contribution in [0, 0.1) is 0 Å². The summed E-state index contributed by atoms with van der Waals surface area (Å²) in [7, 11) is 1.56. The number of hydrogen-bond acceptors (Lipinski definition) is 3. The third-order valence-corrected chi connectivity index (χ3v) is 1.15. The summed E-state index contributed by atoms with van der Waals surface area (Å²) in [6.45, 7) is 0.328. The van der Waals surface area contributed by atoms with E-state index in [2.05, 4.69) is 0 Å². The predicted octanol–water partition coefficient (Wildman–Crippen LogP) is -0.0938. The van der Waals surface area contributed by atoms with Crippen LogP contribution in [0.2, 0.25) is 0 Å². The summed E-state index contributed by atoms with van der Waals surface area (Å²) in [6, 6.07) is 0. The van der Waals surface area contributed by atoms with Crippen molar-refractivity contribution in [3.8, 4) is 0 Å². The van der Waals surface area contributed by atoms with Crippen molar-refractivity contribution in [2.24, 2.45) is 0 Å². The maximum Gasteiger partial charge on any atom is 0.176 e. The van der Waals surface area contributed by atoms with E-state index in [-0.39, 0.29) is 6.29 Å². The lowest BCUT2D eigenvalue weighted by Gasteiger charge is -2.18. The normalized spacial score (nSPS) is 34.9. The van der Waals surface area contributed by atoms with Crippen molar-refractivity contribution in [3.63, 3.8) is 0 Å². The van der Waals surface area contributed by atoms with E-state index in [1.54, 1.807) is 19.3 Å². The topological polar surface area (TPSA) is 38.7 Å². The van der Waals surface area contributed by atoms with Crippen LogP contribution in [0.3, 0.4) is 0 Å². The van der Waals surface area contributed by atoms with Crippen LogP contribution in [0.1, 0.15) is 0 Å². The molecule has 0 aromatic rings. The van der Waals surface area contributed by atoms with Crippen LogP contribution in [-0.4, -0.2) is 31.2 Å². The van der Waals surface area contributed by atoms with E-state index < -0.39 is 6.10 Å². The van der Waals surface area contributed by atoms with Gasteiger partial charge in [-0.05, 0) is 6.08 Å². The van der Waals surface area contributed by atoms with Gasteiger partial charge in [0.2, 0.25) is 0 Å². The van der Waals surface area contributed by atoms with E-state index in [0.29, 0.717) is 6.61 Å². The average molecular weight is 130 g/mol. The molecule has 0 aromatic carbocycles. The SMILES string of the molecule is CO[C@@H]1C=C[C@@H](O)CO1. The van der Waals surface area contributed by atoms with Gasteiger partial charge in [-0.3, -0.25) is 0 Å². The fourth-order valence-electron chi connectivity index (χ4n) is 0.670. The zero-order valence-electron chi connectivity index (χ0n) is 5.28. The van der Waals surface area contributed by atoms with Crippen LogP contribution < -0.4 is 0 Å². The molecule has 3 heteroatoms. The van der Waals surface area contributed by atoms with Crippen molar-refractivity contribution in [3.05, 3.63) is 12.2 Å². The van der Waals surface area contributed by atoms with Crippen molar-refractivity contribution in [2.75, 3.05) is 13.7 Å². The molecule has 0 spiro atoms. The van der Waals surface area contributed by atoms with Crippen LogP contribution in [0.5, 0.6) is 0 Å². The molecule has 0 unspecified atom stereocenters. The predicted molar refractivity (Wildman–Crippen MR) is 31.9 cm³/mol. The largest absolute Gasteiger partial charge is 0.387 e. The van der Waals surface area contributed by atoms with Crippen molar-refractivity contribution < 1.29 is 14.6 Å². The van der Waals surface area contributed by atoms with Crippen molar-refractivity contribution in [2.45, 2.75) is 12.4 Å². The van der Waals surface area contributed by atoms with Crippen LogP contribution in [0.15, 0.2) is 12.2 Å². The first-order chi connectivity index (χ1) is 4.33. The highest BCUT2D eigenvalue weighted by Gasteiger charge is 2.11. The van der Waals surface area contributed by atoms with E-state index in [4.69, 9.17) is 14.6 Å². The van der Waals surface area contributed by atoms with Gasteiger partial charge in [0.05, 0.1) is 12.7 Å². The Labute approximate surface area is 53.9 Å². The molecule has 0 amide bonds. The fraction of sp³-hybridized carbons (Fsp3) is 0.667. The molecule has 0 aliphatic carbocycles.